The molecule has 22 heteroatoms. The van der Waals surface area contributed by atoms with Gasteiger partial charge in [0.2, 0.25) is 0 Å². The Morgan fingerprint density at radius 3 is 1.80 bits per heavy atom. The molecular formula is C53H88O22. The molecule has 29 atom stereocenters. The van der Waals surface area contributed by atoms with Gasteiger partial charge in [0.05, 0.1) is 44.2 Å². The molecule has 432 valence electrons. The van der Waals surface area contributed by atoms with Crippen LogP contribution in [0.5, 0.6) is 0 Å². The van der Waals surface area contributed by atoms with E-state index in [1.54, 1.807) is 0 Å². The summed E-state index contributed by atoms with van der Waals surface area (Å²) in [6, 6.07) is 0. The normalized spacial score (nSPS) is 52.1. The highest BCUT2D eigenvalue weighted by atomic mass is 16.8. The Morgan fingerprint density at radius 1 is 0.613 bits per heavy atom. The number of aliphatic hydroxyl groups is 14. The number of hydrogen-bond donors (Lipinski definition) is 14. The Kier molecular flexibility index (Phi) is 18.2. The molecule has 14 N–H and O–H groups in total. The second-order valence-corrected chi connectivity index (χ2v) is 24.3. The van der Waals surface area contributed by atoms with E-state index in [4.69, 9.17) is 37.9 Å². The molecule has 0 radical (unpaired) electrons. The maximum atomic E-state index is 13.1. The summed E-state index contributed by atoms with van der Waals surface area (Å²) in [6.07, 6.45) is -28.8. The van der Waals surface area contributed by atoms with E-state index in [1.807, 2.05) is 6.92 Å². The van der Waals surface area contributed by atoms with Crippen LogP contribution in [0.1, 0.15) is 113 Å². The second-order valence-electron chi connectivity index (χ2n) is 24.3. The molecule has 4 aliphatic carbocycles. The maximum absolute atomic E-state index is 13.1. The highest BCUT2D eigenvalue weighted by Crippen LogP contribution is 2.72. The lowest BCUT2D eigenvalue weighted by Crippen LogP contribution is -2.69. The van der Waals surface area contributed by atoms with Gasteiger partial charge in [-0.2, -0.15) is 0 Å². The second kappa shape index (κ2) is 22.9. The monoisotopic (exact) mass is 1080 g/mol. The topological polar surface area (TPSA) is 357 Å². The van der Waals surface area contributed by atoms with E-state index in [2.05, 4.69) is 34.3 Å². The van der Waals surface area contributed by atoms with Crippen LogP contribution in [-0.2, 0) is 37.9 Å². The molecule has 6 fully saturated rings. The van der Waals surface area contributed by atoms with Gasteiger partial charge >= 0.3 is 0 Å². The quantitative estimate of drug-likeness (QED) is 0.0782. The average molecular weight is 1080 g/mol. The van der Waals surface area contributed by atoms with E-state index in [0.29, 0.717) is 38.0 Å². The van der Waals surface area contributed by atoms with E-state index in [9.17, 15) is 71.5 Å². The Morgan fingerprint density at radius 2 is 1.17 bits per heavy atom. The van der Waals surface area contributed by atoms with Crippen molar-refractivity contribution in [1.29, 1.82) is 0 Å². The number of ether oxygens (including phenoxy) is 8. The number of allylic oxidation sites excluding steroid dienone is 2. The zero-order chi connectivity index (χ0) is 55.0. The fraction of sp³-hybridized carbons (Fsp3) is 0.925. The molecule has 8 aliphatic rings. The van der Waals surface area contributed by atoms with Crippen molar-refractivity contribution in [1.82, 2.24) is 0 Å². The van der Waals surface area contributed by atoms with Crippen LogP contribution in [0.4, 0.5) is 0 Å². The first-order valence-corrected chi connectivity index (χ1v) is 27.2. The van der Waals surface area contributed by atoms with Crippen LogP contribution in [-0.4, -0.2) is 232 Å². The molecule has 4 heterocycles. The largest absolute Gasteiger partial charge is 0.394 e. The summed E-state index contributed by atoms with van der Waals surface area (Å²) in [5.74, 6) is 0.146. The van der Waals surface area contributed by atoms with Crippen molar-refractivity contribution < 1.29 is 109 Å². The van der Waals surface area contributed by atoms with Crippen molar-refractivity contribution in [3.63, 3.8) is 0 Å². The fourth-order valence-electron chi connectivity index (χ4n) is 15.2. The number of fused-ring (bicyclic) bond motifs is 4. The highest BCUT2D eigenvalue weighted by molar-refractivity contribution is 5.39. The third kappa shape index (κ3) is 10.5. The van der Waals surface area contributed by atoms with E-state index < -0.39 is 172 Å². The molecule has 1 unspecified atom stereocenters. The Balaban J connectivity index is 1.09. The summed E-state index contributed by atoms with van der Waals surface area (Å²) in [5.41, 5.74) is 1.00. The molecule has 0 bridgehead atoms. The third-order valence-electron chi connectivity index (χ3n) is 19.8. The summed E-state index contributed by atoms with van der Waals surface area (Å²) in [5, 5.41) is 155. The zero-order valence-corrected chi connectivity index (χ0v) is 44.4. The van der Waals surface area contributed by atoms with Crippen molar-refractivity contribution in [3.05, 3.63) is 23.3 Å². The van der Waals surface area contributed by atoms with Crippen LogP contribution >= 0.6 is 0 Å². The summed E-state index contributed by atoms with van der Waals surface area (Å²) >= 11 is 0. The van der Waals surface area contributed by atoms with Crippen LogP contribution in [0.15, 0.2) is 23.3 Å². The first kappa shape index (κ1) is 59.7. The van der Waals surface area contributed by atoms with Gasteiger partial charge in [0.25, 0.3) is 0 Å². The van der Waals surface area contributed by atoms with E-state index in [0.717, 1.165) is 31.3 Å². The number of rotatable bonds is 16. The summed E-state index contributed by atoms with van der Waals surface area (Å²) in [7, 11) is 0. The molecule has 0 spiro atoms. The average Bonchev–Trinajstić information content (AvgIpc) is 3.65. The first-order chi connectivity index (χ1) is 35.2. The predicted octanol–water partition coefficient (Wildman–Crippen LogP) is -1.50. The highest BCUT2D eigenvalue weighted by Gasteiger charge is 2.66. The Bertz CT molecular complexity index is 2000. The third-order valence-corrected chi connectivity index (χ3v) is 19.8. The van der Waals surface area contributed by atoms with Crippen LogP contribution in [0.25, 0.3) is 0 Å². The number of hydrogen-bond acceptors (Lipinski definition) is 22. The molecule has 75 heavy (non-hydrogen) atoms. The van der Waals surface area contributed by atoms with Gasteiger partial charge in [-0.1, -0.05) is 44.4 Å². The Labute approximate surface area is 438 Å². The summed E-state index contributed by atoms with van der Waals surface area (Å²) in [4.78, 5) is 0. The Hall–Kier alpha value is -1.40. The lowest BCUT2D eigenvalue weighted by molar-refractivity contribution is -0.405. The van der Waals surface area contributed by atoms with Gasteiger partial charge in [-0.05, 0) is 113 Å². The molecule has 22 nitrogen and oxygen atoms in total. The lowest BCUT2D eigenvalue weighted by atomic mass is 9.44. The smallest absolute Gasteiger partial charge is 0.187 e. The van der Waals surface area contributed by atoms with Crippen molar-refractivity contribution in [2.75, 3.05) is 19.8 Å². The van der Waals surface area contributed by atoms with Crippen LogP contribution in [0, 0.1) is 34.0 Å². The lowest BCUT2D eigenvalue weighted by Gasteiger charge is -2.62. The molecule has 0 aromatic heterocycles. The van der Waals surface area contributed by atoms with Crippen molar-refractivity contribution in [2.24, 2.45) is 34.0 Å². The molecule has 4 saturated heterocycles. The van der Waals surface area contributed by atoms with Gasteiger partial charge in [0.1, 0.15) is 91.1 Å². The number of aliphatic hydroxyl groups excluding tert-OH is 13. The SMILES string of the molecule is C=C(C)C[C@H](O)C[C@@H](C)[C@H]1CC[C@@]2(C)C3=C(CC[C@]12C)[C@@]1(C)CC[C@H](O[C@@H]2O[C@H](CO)[C@@H](O)[C@H](O[C@@H]4O[C@@H](C)[C@H](O)[C@@H](O)[C@H]4O)[C@H]2O[C@@H]2O[C@@H](C)[C@H](O)[C@@H](O[C@@H]4O[C@H](CO)[C@@H](O)[C@H](O)[C@H]4O)[C@H]2O)[C@](O)(CO)C1CC3. The summed E-state index contributed by atoms with van der Waals surface area (Å²) < 4.78 is 48.8. The van der Waals surface area contributed by atoms with Gasteiger partial charge in [-0.15, -0.1) is 6.58 Å². The molecular weight excluding hydrogens is 989 g/mol. The molecule has 2 saturated carbocycles. The summed E-state index contributed by atoms with van der Waals surface area (Å²) in [6.45, 7) is 15.6. The zero-order valence-electron chi connectivity index (χ0n) is 44.4. The van der Waals surface area contributed by atoms with Crippen LogP contribution in [0.3, 0.4) is 0 Å². The fourth-order valence-corrected chi connectivity index (χ4v) is 15.2. The molecule has 4 aliphatic heterocycles. The van der Waals surface area contributed by atoms with Crippen LogP contribution < -0.4 is 0 Å². The van der Waals surface area contributed by atoms with Gasteiger partial charge in [-0.25, -0.2) is 0 Å². The van der Waals surface area contributed by atoms with Gasteiger partial charge in [0, 0.05) is 5.92 Å². The van der Waals surface area contributed by atoms with E-state index >= 15 is 0 Å². The minimum Gasteiger partial charge on any atom is -0.394 e. The minimum absolute atomic E-state index is 0.0308. The van der Waals surface area contributed by atoms with Crippen molar-refractivity contribution in [3.8, 4) is 0 Å². The molecule has 0 aromatic carbocycles. The van der Waals surface area contributed by atoms with E-state index in [-0.39, 0.29) is 23.2 Å². The minimum atomic E-state index is -2.01. The van der Waals surface area contributed by atoms with Crippen molar-refractivity contribution in [2.45, 2.75) is 253 Å². The van der Waals surface area contributed by atoms with Crippen molar-refractivity contribution >= 4 is 0 Å². The molecule has 0 aromatic rings. The van der Waals surface area contributed by atoms with Gasteiger partial charge in [0.15, 0.2) is 25.2 Å². The van der Waals surface area contributed by atoms with Crippen LogP contribution in [0.2, 0.25) is 0 Å². The standard InChI is InChI=1S/C53H88O22/c1-22(2)17-26(57)18-23(3)27-11-15-52(8)29-9-10-32-50(6,28(29)12-16-51(27,52)7)14-13-33(53(32,67)21-56)72-49-45(44(37(61)31(20-55)71-49)74-46-40(64)38(62)34(58)24(4)68-46)75-48-42(66)43(35(59)25(5)69-48)73-47-41(65)39(63)36(60)30(19-54)70-47/h23-27,30-49,54-67H,1,9-21H2,2-8H3/t23-,24+,25+,26+,27-,30-,31-,32?,33+,34+,35+,36-,37-,38-,39+,40-,41-,42-,43-,44+,45-,46+,47+,48+,49+,50-,51-,52+,53+/m1/s1. The molecule has 0 amide bonds. The van der Waals surface area contributed by atoms with E-state index in [1.165, 1.54) is 25.0 Å². The van der Waals surface area contributed by atoms with Gasteiger partial charge in [-0.3, -0.25) is 0 Å². The predicted molar refractivity (Wildman–Crippen MR) is 260 cm³/mol. The first-order valence-electron chi connectivity index (χ1n) is 27.2. The van der Waals surface area contributed by atoms with Gasteiger partial charge < -0.3 is 109 Å². The molecule has 8 rings (SSSR count). The maximum Gasteiger partial charge on any atom is 0.187 e.